The molecule has 5 heteroatoms. The van der Waals surface area contributed by atoms with Crippen LogP contribution in [-0.2, 0) is 19.4 Å². The molecule has 0 saturated heterocycles. The van der Waals surface area contributed by atoms with Gasteiger partial charge in [0.25, 0.3) is 0 Å². The summed E-state index contributed by atoms with van der Waals surface area (Å²) in [5.74, 6) is 2.07. The molecule has 2 aromatic carbocycles. The summed E-state index contributed by atoms with van der Waals surface area (Å²) in [4.78, 5) is 0. The summed E-state index contributed by atoms with van der Waals surface area (Å²) >= 11 is 1.78. The van der Waals surface area contributed by atoms with E-state index >= 15 is 0 Å². The third kappa shape index (κ3) is 5.11. The summed E-state index contributed by atoms with van der Waals surface area (Å²) in [6, 6.07) is 18.6. The highest BCUT2D eigenvalue weighted by molar-refractivity contribution is 7.99. The molecule has 136 valence electrons. The number of hydrogen-bond donors (Lipinski definition) is 1. The summed E-state index contributed by atoms with van der Waals surface area (Å²) in [5, 5.41) is 9.93. The zero-order chi connectivity index (χ0) is 18.2. The van der Waals surface area contributed by atoms with Crippen molar-refractivity contribution >= 4 is 17.4 Å². The van der Waals surface area contributed by atoms with Gasteiger partial charge >= 0.3 is 0 Å². The number of benzene rings is 2. The van der Waals surface area contributed by atoms with E-state index in [-0.39, 0.29) is 0 Å². The lowest BCUT2D eigenvalue weighted by atomic mass is 10.2. The first-order chi connectivity index (χ1) is 12.8. The van der Waals surface area contributed by atoms with Crippen LogP contribution in [0, 0.1) is 0 Å². The number of aromatic nitrogens is 3. The van der Waals surface area contributed by atoms with Gasteiger partial charge in [-0.2, -0.15) is 0 Å². The van der Waals surface area contributed by atoms with Gasteiger partial charge in [0.1, 0.15) is 5.82 Å². The van der Waals surface area contributed by atoms with Crippen molar-refractivity contribution in [1.29, 1.82) is 0 Å². The van der Waals surface area contributed by atoms with Gasteiger partial charge in [0.05, 0.1) is 6.54 Å². The monoisotopic (exact) mass is 366 g/mol. The number of aryl methyl sites for hydroxylation is 2. The number of nitrogens with two attached hydrogens (primary N) is 1. The second-order valence-electron chi connectivity index (χ2n) is 6.41. The number of unbranched alkanes of at least 4 members (excludes halogenated alkanes) is 1. The van der Waals surface area contributed by atoms with Gasteiger partial charge in [-0.15, -0.1) is 10.2 Å². The van der Waals surface area contributed by atoms with Gasteiger partial charge in [-0.05, 0) is 36.1 Å². The summed E-state index contributed by atoms with van der Waals surface area (Å²) in [6.45, 7) is 3.00. The number of thioether (sulfide) groups is 1. The minimum Gasteiger partial charge on any atom is -0.399 e. The van der Waals surface area contributed by atoms with Crippen molar-refractivity contribution in [1.82, 2.24) is 14.8 Å². The van der Waals surface area contributed by atoms with Crippen LogP contribution >= 0.6 is 11.8 Å². The lowest BCUT2D eigenvalue weighted by molar-refractivity contribution is 0.642. The molecule has 0 saturated carbocycles. The summed E-state index contributed by atoms with van der Waals surface area (Å²) < 4.78 is 2.26. The first kappa shape index (κ1) is 18.5. The minimum absolute atomic E-state index is 0.792. The van der Waals surface area contributed by atoms with Gasteiger partial charge in [-0.25, -0.2) is 0 Å². The molecule has 1 heterocycles. The van der Waals surface area contributed by atoms with E-state index in [9.17, 15) is 0 Å². The average Bonchev–Trinajstić information content (AvgIpc) is 3.04. The van der Waals surface area contributed by atoms with Crippen molar-refractivity contribution in [3.05, 3.63) is 71.5 Å². The van der Waals surface area contributed by atoms with E-state index in [1.165, 1.54) is 11.1 Å². The summed E-state index contributed by atoms with van der Waals surface area (Å²) in [5.41, 5.74) is 9.18. The summed E-state index contributed by atoms with van der Waals surface area (Å²) in [7, 11) is 0. The Bertz CT molecular complexity index is 797. The van der Waals surface area contributed by atoms with Crippen LogP contribution in [0.25, 0.3) is 0 Å². The van der Waals surface area contributed by atoms with Gasteiger partial charge in [0.15, 0.2) is 5.16 Å². The Morgan fingerprint density at radius 2 is 1.69 bits per heavy atom. The molecule has 2 N–H and O–H groups in total. The normalized spacial score (nSPS) is 11.0. The van der Waals surface area contributed by atoms with Crippen LogP contribution in [0.5, 0.6) is 0 Å². The molecular formula is C21H26N4S. The van der Waals surface area contributed by atoms with Crippen molar-refractivity contribution in [2.75, 3.05) is 11.5 Å². The molecule has 3 rings (SSSR count). The smallest absolute Gasteiger partial charge is 0.191 e. The van der Waals surface area contributed by atoms with Gasteiger partial charge < -0.3 is 10.3 Å². The number of nitrogen functional groups attached to an aromatic ring is 1. The quantitative estimate of drug-likeness (QED) is 0.445. The Hall–Kier alpha value is -2.27. The number of hydrogen-bond acceptors (Lipinski definition) is 4. The minimum atomic E-state index is 0.792. The van der Waals surface area contributed by atoms with Gasteiger partial charge in [0, 0.05) is 17.9 Å². The molecule has 0 bridgehead atoms. The maximum Gasteiger partial charge on any atom is 0.191 e. The van der Waals surface area contributed by atoms with E-state index in [1.54, 1.807) is 11.8 Å². The lowest BCUT2D eigenvalue weighted by Crippen LogP contribution is -2.07. The average molecular weight is 367 g/mol. The fourth-order valence-electron chi connectivity index (χ4n) is 2.81. The zero-order valence-electron chi connectivity index (χ0n) is 15.3. The fourth-order valence-corrected chi connectivity index (χ4v) is 3.76. The molecule has 26 heavy (non-hydrogen) atoms. The largest absolute Gasteiger partial charge is 0.399 e. The van der Waals surface area contributed by atoms with Crippen molar-refractivity contribution in [3.63, 3.8) is 0 Å². The molecule has 1 aromatic heterocycles. The van der Waals surface area contributed by atoms with Crippen LogP contribution in [-0.4, -0.2) is 20.5 Å². The van der Waals surface area contributed by atoms with E-state index in [0.717, 1.165) is 54.6 Å². The highest BCUT2D eigenvalue weighted by Crippen LogP contribution is 2.21. The molecule has 0 spiro atoms. The first-order valence-electron chi connectivity index (χ1n) is 9.19. The molecule has 0 aliphatic carbocycles. The van der Waals surface area contributed by atoms with E-state index in [1.807, 2.05) is 12.1 Å². The molecule has 0 fully saturated rings. The van der Waals surface area contributed by atoms with Crippen molar-refractivity contribution in [3.8, 4) is 0 Å². The SMILES string of the molecule is CCCCc1nnc(SCCc2ccccc2)n1Cc1ccc(N)cc1. The first-order valence-corrected chi connectivity index (χ1v) is 10.2. The highest BCUT2D eigenvalue weighted by Gasteiger charge is 2.13. The van der Waals surface area contributed by atoms with Crippen LogP contribution in [0.2, 0.25) is 0 Å². The van der Waals surface area contributed by atoms with Crippen molar-refractivity contribution in [2.24, 2.45) is 0 Å². The molecule has 0 radical (unpaired) electrons. The lowest BCUT2D eigenvalue weighted by Gasteiger charge is -2.10. The summed E-state index contributed by atoms with van der Waals surface area (Å²) in [6.07, 6.45) is 4.29. The Morgan fingerprint density at radius 1 is 0.923 bits per heavy atom. The zero-order valence-corrected chi connectivity index (χ0v) is 16.1. The van der Waals surface area contributed by atoms with Crippen LogP contribution < -0.4 is 5.73 Å². The topological polar surface area (TPSA) is 56.7 Å². The third-order valence-electron chi connectivity index (χ3n) is 4.33. The number of nitrogens with zero attached hydrogens (tertiary/aromatic N) is 3. The van der Waals surface area contributed by atoms with Gasteiger partial charge in [-0.1, -0.05) is 67.6 Å². The second kappa shape index (κ2) is 9.43. The molecule has 4 nitrogen and oxygen atoms in total. The van der Waals surface area contributed by atoms with Crippen LogP contribution in [0.1, 0.15) is 36.7 Å². The number of rotatable bonds is 9. The third-order valence-corrected chi connectivity index (χ3v) is 5.30. The predicted molar refractivity (Wildman–Crippen MR) is 109 cm³/mol. The number of anilines is 1. The van der Waals surface area contributed by atoms with E-state index < -0.39 is 0 Å². The maximum absolute atomic E-state index is 5.81. The fraction of sp³-hybridized carbons (Fsp3) is 0.333. The van der Waals surface area contributed by atoms with Crippen LogP contribution in [0.4, 0.5) is 5.69 Å². The maximum atomic E-state index is 5.81. The Kier molecular flexibility index (Phi) is 6.72. The molecule has 3 aromatic rings. The predicted octanol–water partition coefficient (Wildman–Crippen LogP) is 4.59. The molecule has 0 atom stereocenters. The van der Waals surface area contributed by atoms with E-state index in [2.05, 4.69) is 64.2 Å². The molecule has 0 amide bonds. The van der Waals surface area contributed by atoms with E-state index in [4.69, 9.17) is 5.73 Å². The molecular weight excluding hydrogens is 340 g/mol. The van der Waals surface area contributed by atoms with Gasteiger partial charge in [0.2, 0.25) is 0 Å². The Balaban J connectivity index is 1.71. The molecule has 0 aliphatic rings. The van der Waals surface area contributed by atoms with Crippen molar-refractivity contribution < 1.29 is 0 Å². The van der Waals surface area contributed by atoms with Crippen molar-refractivity contribution in [2.45, 2.75) is 44.3 Å². The highest BCUT2D eigenvalue weighted by atomic mass is 32.2. The van der Waals surface area contributed by atoms with Gasteiger partial charge in [-0.3, -0.25) is 0 Å². The van der Waals surface area contributed by atoms with E-state index in [0.29, 0.717) is 0 Å². The molecule has 0 unspecified atom stereocenters. The molecule has 0 aliphatic heterocycles. The second-order valence-corrected chi connectivity index (χ2v) is 7.48. The standard InChI is InChI=1S/C21H26N4S/c1-2-3-9-20-23-24-21(26-15-14-17-7-5-4-6-8-17)25(20)16-18-10-12-19(22)13-11-18/h4-8,10-13H,2-3,9,14-16,22H2,1H3. The Labute approximate surface area is 159 Å². The van der Waals surface area contributed by atoms with Crippen LogP contribution in [0.3, 0.4) is 0 Å². The Morgan fingerprint density at radius 3 is 2.42 bits per heavy atom. The van der Waals surface area contributed by atoms with Crippen LogP contribution in [0.15, 0.2) is 59.8 Å².